The fourth-order valence-electron chi connectivity index (χ4n) is 4.68. The molecule has 36 heavy (non-hydrogen) atoms. The fraction of sp³-hybridized carbons (Fsp3) is 0.423. The van der Waals surface area contributed by atoms with Crippen LogP contribution in [-0.4, -0.2) is 60.6 Å². The predicted molar refractivity (Wildman–Crippen MR) is 133 cm³/mol. The molecular weight excluding hydrogens is 469 g/mol. The van der Waals surface area contributed by atoms with E-state index in [0.717, 1.165) is 12.0 Å². The molecule has 0 spiro atoms. The smallest absolute Gasteiger partial charge is 0.343 e. The Kier molecular flexibility index (Phi) is 7.44. The zero-order valence-electron chi connectivity index (χ0n) is 20.8. The Balaban J connectivity index is 1.98. The topological polar surface area (TPSA) is 103 Å². The molecule has 1 aliphatic rings. The highest BCUT2D eigenvalue weighted by Gasteiger charge is 2.30. The van der Waals surface area contributed by atoms with Gasteiger partial charge in [-0.2, -0.15) is 0 Å². The van der Waals surface area contributed by atoms with Crippen LogP contribution in [0.15, 0.2) is 29.2 Å². The van der Waals surface area contributed by atoms with Gasteiger partial charge >= 0.3 is 5.97 Å². The molecule has 1 saturated heterocycles. The molecule has 4 rings (SSSR count). The van der Waals surface area contributed by atoms with Gasteiger partial charge in [-0.15, -0.1) is 0 Å². The van der Waals surface area contributed by atoms with Gasteiger partial charge in [0.15, 0.2) is 11.6 Å². The number of fused-ring (bicyclic) bond motifs is 1. The van der Waals surface area contributed by atoms with E-state index in [2.05, 4.69) is 4.98 Å². The van der Waals surface area contributed by atoms with E-state index in [4.69, 9.17) is 14.2 Å². The Morgan fingerprint density at radius 3 is 2.72 bits per heavy atom. The molecule has 1 aliphatic heterocycles. The standard InChI is InChI=1S/C26H30FN3O6/c1-5-36-26(33)19-13-29(12-16-8-9-18(34-3)11-20(16)35-4)24-21(23(19)32)15(2)22(27)25(28-24)30-10-6-7-17(30)14-31/h8-9,11,13,17,31H,5-7,10,12,14H2,1-4H3/t17-/m0/s1. The molecule has 9 nitrogen and oxygen atoms in total. The summed E-state index contributed by atoms with van der Waals surface area (Å²) in [5.41, 5.74) is 0.201. The number of ether oxygens (including phenoxy) is 3. The molecule has 0 saturated carbocycles. The van der Waals surface area contributed by atoms with Crippen LogP contribution in [0, 0.1) is 12.7 Å². The van der Waals surface area contributed by atoms with Crippen molar-refractivity contribution in [1.29, 1.82) is 0 Å². The Bertz CT molecular complexity index is 1360. The molecular formula is C26H30FN3O6. The molecule has 1 N–H and O–H groups in total. The number of aliphatic hydroxyl groups is 1. The highest BCUT2D eigenvalue weighted by Crippen LogP contribution is 2.32. The van der Waals surface area contributed by atoms with Crippen molar-refractivity contribution in [2.75, 3.05) is 38.9 Å². The molecule has 0 bridgehead atoms. The second-order valence-corrected chi connectivity index (χ2v) is 8.64. The minimum atomic E-state index is -0.788. The Labute approximate surface area is 208 Å². The monoisotopic (exact) mass is 499 g/mol. The van der Waals surface area contributed by atoms with Crippen molar-refractivity contribution < 1.29 is 28.5 Å². The Hall–Kier alpha value is -3.66. The van der Waals surface area contributed by atoms with E-state index in [1.807, 2.05) is 6.07 Å². The van der Waals surface area contributed by atoms with Crippen molar-refractivity contribution in [1.82, 2.24) is 9.55 Å². The number of carbonyl (C=O) groups is 1. The fourth-order valence-corrected chi connectivity index (χ4v) is 4.68. The SMILES string of the molecule is CCOC(=O)c1cn(Cc2ccc(OC)cc2OC)c2nc(N3CCC[C@H]3CO)c(F)c(C)c2c1=O. The van der Waals surface area contributed by atoms with Crippen LogP contribution in [0.1, 0.15) is 41.3 Å². The Morgan fingerprint density at radius 2 is 2.06 bits per heavy atom. The van der Waals surface area contributed by atoms with Gasteiger partial charge in [0.2, 0.25) is 5.43 Å². The van der Waals surface area contributed by atoms with Crippen LogP contribution in [0.3, 0.4) is 0 Å². The lowest BCUT2D eigenvalue weighted by Crippen LogP contribution is -2.34. The third-order valence-electron chi connectivity index (χ3n) is 6.55. The number of aliphatic hydroxyl groups excluding tert-OH is 1. The van der Waals surface area contributed by atoms with Crippen LogP contribution >= 0.6 is 0 Å². The van der Waals surface area contributed by atoms with Gasteiger partial charge < -0.3 is 28.8 Å². The van der Waals surface area contributed by atoms with E-state index in [1.165, 1.54) is 20.2 Å². The molecule has 3 aromatic rings. The number of anilines is 1. The maximum absolute atomic E-state index is 15.6. The lowest BCUT2D eigenvalue weighted by atomic mass is 10.1. The summed E-state index contributed by atoms with van der Waals surface area (Å²) < 4.78 is 33.2. The quantitative estimate of drug-likeness (QED) is 0.472. The van der Waals surface area contributed by atoms with E-state index in [1.54, 1.807) is 35.6 Å². The van der Waals surface area contributed by atoms with E-state index >= 15 is 4.39 Å². The molecule has 1 aromatic carbocycles. The number of benzene rings is 1. The molecule has 1 fully saturated rings. The van der Waals surface area contributed by atoms with E-state index in [9.17, 15) is 14.7 Å². The second kappa shape index (κ2) is 10.5. The van der Waals surface area contributed by atoms with Crippen molar-refractivity contribution >= 4 is 22.8 Å². The van der Waals surface area contributed by atoms with Crippen molar-refractivity contribution in [2.24, 2.45) is 0 Å². The summed E-state index contributed by atoms with van der Waals surface area (Å²) in [5, 5.41) is 9.80. The Morgan fingerprint density at radius 1 is 1.28 bits per heavy atom. The first-order valence-electron chi connectivity index (χ1n) is 11.8. The van der Waals surface area contributed by atoms with Crippen LogP contribution < -0.4 is 19.8 Å². The minimum absolute atomic E-state index is 0.00836. The number of pyridine rings is 2. The van der Waals surface area contributed by atoms with Gasteiger partial charge in [-0.3, -0.25) is 4.79 Å². The largest absolute Gasteiger partial charge is 0.497 e. The lowest BCUT2D eigenvalue weighted by molar-refractivity contribution is 0.0524. The van der Waals surface area contributed by atoms with Crippen LogP contribution in [0.5, 0.6) is 11.5 Å². The molecule has 0 unspecified atom stereocenters. The molecule has 3 heterocycles. The van der Waals surface area contributed by atoms with E-state index in [-0.39, 0.29) is 53.8 Å². The third kappa shape index (κ3) is 4.48. The summed E-state index contributed by atoms with van der Waals surface area (Å²) in [5.74, 6) is -0.207. The molecule has 0 aliphatic carbocycles. The zero-order chi connectivity index (χ0) is 26.0. The van der Waals surface area contributed by atoms with Gasteiger partial charge in [-0.05, 0) is 38.8 Å². The summed E-state index contributed by atoms with van der Waals surface area (Å²) in [6, 6.07) is 5.05. The van der Waals surface area contributed by atoms with Gasteiger partial charge in [0.1, 0.15) is 22.7 Å². The van der Waals surface area contributed by atoms with Crippen LogP contribution in [0.25, 0.3) is 11.0 Å². The summed E-state index contributed by atoms with van der Waals surface area (Å²) in [7, 11) is 3.08. The minimum Gasteiger partial charge on any atom is -0.497 e. The number of esters is 1. The van der Waals surface area contributed by atoms with Gasteiger partial charge in [0.05, 0.1) is 45.4 Å². The average molecular weight is 500 g/mol. The normalized spacial score (nSPS) is 15.4. The maximum Gasteiger partial charge on any atom is 0.343 e. The van der Waals surface area contributed by atoms with Gasteiger partial charge in [-0.25, -0.2) is 14.2 Å². The summed E-state index contributed by atoms with van der Waals surface area (Å²) in [6.07, 6.45) is 2.90. The van der Waals surface area contributed by atoms with Crippen molar-refractivity contribution in [2.45, 2.75) is 39.3 Å². The predicted octanol–water partition coefficient (Wildman–Crippen LogP) is 3.05. The van der Waals surface area contributed by atoms with Crippen molar-refractivity contribution in [3.63, 3.8) is 0 Å². The maximum atomic E-state index is 15.6. The first kappa shape index (κ1) is 25.4. The molecule has 0 amide bonds. The number of hydrogen-bond donors (Lipinski definition) is 1. The highest BCUT2D eigenvalue weighted by atomic mass is 19.1. The average Bonchev–Trinajstić information content (AvgIpc) is 3.36. The van der Waals surface area contributed by atoms with E-state index < -0.39 is 17.2 Å². The molecule has 192 valence electrons. The number of aryl methyl sites for hydroxylation is 1. The molecule has 1 atom stereocenters. The third-order valence-corrected chi connectivity index (χ3v) is 6.55. The number of rotatable bonds is 8. The van der Waals surface area contributed by atoms with Gasteiger partial charge in [0.25, 0.3) is 0 Å². The number of nitrogens with zero attached hydrogens (tertiary/aromatic N) is 3. The molecule has 2 aromatic heterocycles. The lowest BCUT2D eigenvalue weighted by Gasteiger charge is -2.26. The van der Waals surface area contributed by atoms with Gasteiger partial charge in [0, 0.05) is 29.9 Å². The first-order valence-corrected chi connectivity index (χ1v) is 11.8. The number of halogens is 1. The molecule has 0 radical (unpaired) electrons. The summed E-state index contributed by atoms with van der Waals surface area (Å²) >= 11 is 0. The second-order valence-electron chi connectivity index (χ2n) is 8.64. The first-order chi connectivity index (χ1) is 17.3. The van der Waals surface area contributed by atoms with Crippen LogP contribution in [0.2, 0.25) is 0 Å². The zero-order valence-corrected chi connectivity index (χ0v) is 20.8. The molecule has 10 heteroatoms. The van der Waals surface area contributed by atoms with Crippen LogP contribution in [-0.2, 0) is 11.3 Å². The van der Waals surface area contributed by atoms with E-state index in [0.29, 0.717) is 24.5 Å². The summed E-state index contributed by atoms with van der Waals surface area (Å²) in [4.78, 5) is 32.3. The van der Waals surface area contributed by atoms with Gasteiger partial charge in [-0.1, -0.05) is 0 Å². The highest BCUT2D eigenvalue weighted by molar-refractivity contribution is 5.94. The number of hydrogen-bond acceptors (Lipinski definition) is 8. The van der Waals surface area contributed by atoms with Crippen LogP contribution in [0.4, 0.5) is 10.2 Å². The summed E-state index contributed by atoms with van der Waals surface area (Å²) in [6.45, 7) is 3.82. The number of carbonyl (C=O) groups excluding carboxylic acids is 1. The number of aromatic nitrogens is 2. The van der Waals surface area contributed by atoms with Crippen molar-refractivity contribution in [3.8, 4) is 11.5 Å². The van der Waals surface area contributed by atoms with Crippen molar-refractivity contribution in [3.05, 3.63) is 57.1 Å². The number of methoxy groups -OCH3 is 2.